The fraction of sp³-hybridized carbons (Fsp3) is 0.238. The van der Waals surface area contributed by atoms with Crippen molar-refractivity contribution in [3.8, 4) is 5.75 Å². The Labute approximate surface area is 164 Å². The van der Waals surface area contributed by atoms with Crippen LogP contribution >= 0.6 is 11.6 Å². The van der Waals surface area contributed by atoms with Crippen molar-refractivity contribution >= 4 is 28.9 Å². The molecular formula is C21H23ClN4O. The molecule has 1 aromatic heterocycles. The third kappa shape index (κ3) is 5.34. The van der Waals surface area contributed by atoms with Crippen LogP contribution in [0.2, 0.25) is 5.02 Å². The summed E-state index contributed by atoms with van der Waals surface area (Å²) in [6.45, 7) is 4.63. The van der Waals surface area contributed by atoms with Crippen LogP contribution in [0.3, 0.4) is 0 Å². The first-order valence-electron chi connectivity index (χ1n) is 8.79. The summed E-state index contributed by atoms with van der Waals surface area (Å²) in [6, 6.07) is 15.8. The third-order valence-corrected chi connectivity index (χ3v) is 4.57. The van der Waals surface area contributed by atoms with E-state index >= 15 is 0 Å². The van der Waals surface area contributed by atoms with Crippen LogP contribution in [-0.2, 0) is 6.42 Å². The van der Waals surface area contributed by atoms with Crippen LogP contribution in [0.4, 0.5) is 17.3 Å². The van der Waals surface area contributed by atoms with E-state index in [2.05, 4.69) is 32.7 Å². The highest BCUT2D eigenvalue weighted by atomic mass is 35.5. The molecule has 140 valence electrons. The lowest BCUT2D eigenvalue weighted by Crippen LogP contribution is -2.08. The van der Waals surface area contributed by atoms with Gasteiger partial charge in [0.1, 0.15) is 23.2 Å². The van der Waals surface area contributed by atoms with E-state index in [1.807, 2.05) is 50.2 Å². The van der Waals surface area contributed by atoms with Gasteiger partial charge in [0.05, 0.1) is 7.11 Å². The summed E-state index contributed by atoms with van der Waals surface area (Å²) in [5, 5.41) is 7.37. The second kappa shape index (κ2) is 8.73. The van der Waals surface area contributed by atoms with Crippen molar-refractivity contribution in [1.82, 2.24) is 9.97 Å². The molecule has 3 aromatic rings. The van der Waals surface area contributed by atoms with Crippen molar-refractivity contribution < 1.29 is 4.74 Å². The summed E-state index contributed by atoms with van der Waals surface area (Å²) in [6.07, 6.45) is 0.892. The topological polar surface area (TPSA) is 59.1 Å². The molecule has 0 atom stereocenters. The SMILES string of the molecule is COc1ccc(CCNc2cc(Nc3ccc(C)c(Cl)c3)nc(C)n2)cc1. The molecule has 0 saturated carbocycles. The van der Waals surface area contributed by atoms with Crippen LogP contribution < -0.4 is 15.4 Å². The van der Waals surface area contributed by atoms with Gasteiger partial charge in [-0.2, -0.15) is 0 Å². The molecule has 0 bridgehead atoms. The molecule has 5 nitrogen and oxygen atoms in total. The van der Waals surface area contributed by atoms with E-state index in [0.717, 1.165) is 46.6 Å². The van der Waals surface area contributed by atoms with E-state index < -0.39 is 0 Å². The van der Waals surface area contributed by atoms with E-state index in [9.17, 15) is 0 Å². The van der Waals surface area contributed by atoms with E-state index in [1.54, 1.807) is 7.11 Å². The van der Waals surface area contributed by atoms with Gasteiger partial charge in [0.15, 0.2) is 0 Å². The monoisotopic (exact) mass is 382 g/mol. The van der Waals surface area contributed by atoms with Crippen molar-refractivity contribution in [3.63, 3.8) is 0 Å². The normalized spacial score (nSPS) is 10.5. The predicted octanol–water partition coefficient (Wildman–Crippen LogP) is 5.15. The van der Waals surface area contributed by atoms with Crippen molar-refractivity contribution in [2.45, 2.75) is 20.3 Å². The maximum Gasteiger partial charge on any atom is 0.136 e. The standard InChI is InChI=1S/C21H23ClN4O/c1-14-4-7-17(12-19(14)22)26-21-13-20(24-15(2)25-21)23-11-10-16-5-8-18(27-3)9-6-16/h4-9,12-13H,10-11H2,1-3H3,(H2,23,24,25,26). The molecule has 0 aliphatic carbocycles. The van der Waals surface area contributed by atoms with Crippen LogP contribution in [0.1, 0.15) is 17.0 Å². The van der Waals surface area contributed by atoms with Gasteiger partial charge in [0.2, 0.25) is 0 Å². The zero-order valence-corrected chi connectivity index (χ0v) is 16.5. The minimum atomic E-state index is 0.699. The number of methoxy groups -OCH3 is 1. The van der Waals surface area contributed by atoms with Gasteiger partial charge in [-0.25, -0.2) is 9.97 Å². The summed E-state index contributed by atoms with van der Waals surface area (Å²) in [5.41, 5.74) is 3.18. The molecule has 0 saturated heterocycles. The Balaban J connectivity index is 1.62. The minimum absolute atomic E-state index is 0.699. The number of anilines is 3. The Kier molecular flexibility index (Phi) is 6.14. The molecule has 3 rings (SSSR count). The molecule has 0 spiro atoms. The Morgan fingerprint density at radius 3 is 2.41 bits per heavy atom. The number of rotatable bonds is 7. The molecule has 0 fully saturated rings. The van der Waals surface area contributed by atoms with Crippen molar-refractivity contribution in [2.75, 3.05) is 24.3 Å². The second-order valence-corrected chi connectivity index (χ2v) is 6.71. The van der Waals surface area contributed by atoms with Gasteiger partial charge in [0, 0.05) is 23.3 Å². The molecule has 0 aliphatic heterocycles. The zero-order chi connectivity index (χ0) is 19.2. The highest BCUT2D eigenvalue weighted by Gasteiger charge is 2.04. The van der Waals surface area contributed by atoms with E-state index in [4.69, 9.17) is 16.3 Å². The molecule has 2 aromatic carbocycles. The van der Waals surface area contributed by atoms with Gasteiger partial charge in [-0.1, -0.05) is 29.8 Å². The van der Waals surface area contributed by atoms with Crippen LogP contribution in [0.15, 0.2) is 48.5 Å². The van der Waals surface area contributed by atoms with Crippen molar-refractivity contribution in [1.29, 1.82) is 0 Å². The van der Waals surface area contributed by atoms with Gasteiger partial charge in [-0.3, -0.25) is 0 Å². The number of nitrogens with one attached hydrogen (secondary N) is 2. The largest absolute Gasteiger partial charge is 0.497 e. The van der Waals surface area contributed by atoms with Crippen LogP contribution in [0, 0.1) is 13.8 Å². The lowest BCUT2D eigenvalue weighted by Gasteiger charge is -2.11. The van der Waals surface area contributed by atoms with Gasteiger partial charge in [-0.15, -0.1) is 0 Å². The maximum atomic E-state index is 6.20. The number of nitrogens with zero attached hydrogens (tertiary/aromatic N) is 2. The molecule has 1 heterocycles. The van der Waals surface area contributed by atoms with Crippen molar-refractivity contribution in [3.05, 3.63) is 70.5 Å². The summed E-state index contributed by atoms with van der Waals surface area (Å²) < 4.78 is 5.18. The Morgan fingerprint density at radius 1 is 0.963 bits per heavy atom. The first kappa shape index (κ1) is 19.0. The highest BCUT2D eigenvalue weighted by molar-refractivity contribution is 6.31. The Morgan fingerprint density at radius 2 is 1.70 bits per heavy atom. The first-order chi connectivity index (χ1) is 13.0. The van der Waals surface area contributed by atoms with Gasteiger partial charge in [0.25, 0.3) is 0 Å². The fourth-order valence-electron chi connectivity index (χ4n) is 2.67. The average molecular weight is 383 g/mol. The van der Waals surface area contributed by atoms with E-state index in [0.29, 0.717) is 5.82 Å². The molecule has 27 heavy (non-hydrogen) atoms. The lowest BCUT2D eigenvalue weighted by atomic mass is 10.1. The van der Waals surface area contributed by atoms with Gasteiger partial charge in [-0.05, 0) is 55.7 Å². The molecule has 0 aliphatic rings. The quantitative estimate of drug-likeness (QED) is 0.591. The Hall–Kier alpha value is -2.79. The van der Waals surface area contributed by atoms with Crippen molar-refractivity contribution in [2.24, 2.45) is 0 Å². The number of hydrogen-bond acceptors (Lipinski definition) is 5. The van der Waals surface area contributed by atoms with Crippen LogP contribution in [-0.4, -0.2) is 23.6 Å². The smallest absolute Gasteiger partial charge is 0.136 e. The number of ether oxygens (including phenoxy) is 1. The molecule has 6 heteroatoms. The number of hydrogen-bond donors (Lipinski definition) is 2. The van der Waals surface area contributed by atoms with E-state index in [-0.39, 0.29) is 0 Å². The zero-order valence-electron chi connectivity index (χ0n) is 15.7. The fourth-order valence-corrected chi connectivity index (χ4v) is 2.85. The molecule has 0 radical (unpaired) electrons. The lowest BCUT2D eigenvalue weighted by molar-refractivity contribution is 0.414. The summed E-state index contributed by atoms with van der Waals surface area (Å²) >= 11 is 6.20. The highest BCUT2D eigenvalue weighted by Crippen LogP contribution is 2.23. The van der Waals surface area contributed by atoms with Gasteiger partial charge >= 0.3 is 0 Å². The number of halogens is 1. The molecule has 2 N–H and O–H groups in total. The molecule has 0 unspecified atom stereocenters. The predicted molar refractivity (Wildman–Crippen MR) is 111 cm³/mol. The summed E-state index contributed by atoms with van der Waals surface area (Å²) in [4.78, 5) is 8.90. The number of aryl methyl sites for hydroxylation is 2. The second-order valence-electron chi connectivity index (χ2n) is 6.30. The number of aromatic nitrogens is 2. The minimum Gasteiger partial charge on any atom is -0.497 e. The third-order valence-electron chi connectivity index (χ3n) is 4.16. The number of benzene rings is 2. The first-order valence-corrected chi connectivity index (χ1v) is 9.17. The Bertz CT molecular complexity index is 913. The van der Waals surface area contributed by atoms with E-state index in [1.165, 1.54) is 5.56 Å². The summed E-state index contributed by atoms with van der Waals surface area (Å²) in [5.74, 6) is 3.08. The average Bonchev–Trinajstić information content (AvgIpc) is 2.65. The molecular weight excluding hydrogens is 360 g/mol. The summed E-state index contributed by atoms with van der Waals surface area (Å²) in [7, 11) is 1.67. The van der Waals surface area contributed by atoms with Crippen LogP contribution in [0.25, 0.3) is 0 Å². The maximum absolute atomic E-state index is 6.20. The van der Waals surface area contributed by atoms with Gasteiger partial charge < -0.3 is 15.4 Å². The molecule has 0 amide bonds. The van der Waals surface area contributed by atoms with Crippen LogP contribution in [0.5, 0.6) is 5.75 Å².